The molecule has 3 nitrogen and oxygen atoms in total. The Balaban J connectivity index is 2.71. The molecule has 6 heteroatoms. The number of alkyl halides is 3. The van der Waals surface area contributed by atoms with Crippen LogP contribution in [0.5, 0.6) is 5.75 Å². The Labute approximate surface area is 89.8 Å². The van der Waals surface area contributed by atoms with Gasteiger partial charge in [-0.15, -0.1) is 0 Å². The summed E-state index contributed by atoms with van der Waals surface area (Å²) in [5, 5.41) is 0. The van der Waals surface area contributed by atoms with E-state index >= 15 is 0 Å². The zero-order valence-corrected chi connectivity index (χ0v) is 8.38. The number of methoxy groups -OCH3 is 1. The van der Waals surface area contributed by atoms with Gasteiger partial charge in [-0.2, -0.15) is 13.2 Å². The number of hydrogen-bond acceptors (Lipinski definition) is 3. The minimum absolute atomic E-state index is 0.0276. The second-order valence-corrected chi connectivity index (χ2v) is 2.92. The van der Waals surface area contributed by atoms with E-state index in [-0.39, 0.29) is 11.3 Å². The summed E-state index contributed by atoms with van der Waals surface area (Å²) in [6, 6.07) is 5.36. The summed E-state index contributed by atoms with van der Waals surface area (Å²) in [7, 11) is 1.19. The fourth-order valence-corrected chi connectivity index (χ4v) is 0.996. The zero-order valence-electron chi connectivity index (χ0n) is 8.38. The molecule has 0 N–H and O–H groups in total. The fraction of sp³-hybridized carbons (Fsp3) is 0.300. The van der Waals surface area contributed by atoms with Gasteiger partial charge in [0.25, 0.3) is 0 Å². The van der Waals surface area contributed by atoms with E-state index < -0.39 is 18.8 Å². The van der Waals surface area contributed by atoms with Crippen LogP contribution in [0, 0.1) is 0 Å². The molecule has 0 heterocycles. The van der Waals surface area contributed by atoms with E-state index in [0.29, 0.717) is 0 Å². The van der Waals surface area contributed by atoms with Crippen molar-refractivity contribution in [3.8, 4) is 5.75 Å². The molecule has 0 bridgehead atoms. The molecular weight excluding hydrogens is 225 g/mol. The van der Waals surface area contributed by atoms with E-state index in [1.165, 1.54) is 31.4 Å². The summed E-state index contributed by atoms with van der Waals surface area (Å²) >= 11 is 0. The van der Waals surface area contributed by atoms with Crippen molar-refractivity contribution in [1.82, 2.24) is 0 Å². The van der Waals surface area contributed by atoms with Gasteiger partial charge in [0.2, 0.25) is 0 Å². The van der Waals surface area contributed by atoms with Crippen LogP contribution in [0.2, 0.25) is 0 Å². The van der Waals surface area contributed by atoms with Crippen molar-refractivity contribution in [3.63, 3.8) is 0 Å². The summed E-state index contributed by atoms with van der Waals surface area (Å²) in [4.78, 5) is 11.1. The van der Waals surface area contributed by atoms with E-state index in [4.69, 9.17) is 0 Å². The maximum Gasteiger partial charge on any atom is 0.422 e. The second-order valence-electron chi connectivity index (χ2n) is 2.92. The molecule has 0 aliphatic heterocycles. The van der Waals surface area contributed by atoms with Gasteiger partial charge >= 0.3 is 12.1 Å². The summed E-state index contributed by atoms with van der Waals surface area (Å²) in [5.41, 5.74) is 0.141. The molecule has 0 aromatic heterocycles. The molecule has 0 atom stereocenters. The molecule has 0 radical (unpaired) electrons. The normalized spacial score (nSPS) is 11.0. The Morgan fingerprint density at radius 3 is 2.62 bits per heavy atom. The van der Waals surface area contributed by atoms with E-state index in [1.807, 2.05) is 0 Å². The predicted molar refractivity (Wildman–Crippen MR) is 49.3 cm³/mol. The Morgan fingerprint density at radius 2 is 2.06 bits per heavy atom. The highest BCUT2D eigenvalue weighted by Crippen LogP contribution is 2.19. The molecule has 0 fully saturated rings. The van der Waals surface area contributed by atoms with Gasteiger partial charge in [0.05, 0.1) is 12.7 Å². The zero-order chi connectivity index (χ0) is 12.2. The first-order valence-electron chi connectivity index (χ1n) is 4.30. The lowest BCUT2D eigenvalue weighted by Crippen LogP contribution is -2.19. The van der Waals surface area contributed by atoms with E-state index in [0.717, 1.165) is 0 Å². The van der Waals surface area contributed by atoms with Crippen LogP contribution in [-0.4, -0.2) is 25.9 Å². The highest BCUT2D eigenvalue weighted by atomic mass is 19.4. The molecule has 1 rings (SSSR count). The molecule has 1 aromatic rings. The van der Waals surface area contributed by atoms with Crippen LogP contribution < -0.4 is 4.74 Å². The number of benzene rings is 1. The topological polar surface area (TPSA) is 35.5 Å². The molecule has 0 spiro atoms. The number of rotatable bonds is 3. The lowest BCUT2D eigenvalue weighted by molar-refractivity contribution is -0.153. The standard InChI is InChI=1S/C10H9F3O3/c1-15-9(14)7-3-2-4-8(5-7)16-6-10(11,12)13/h2-5H,6H2,1H3. The van der Waals surface area contributed by atoms with Crippen LogP contribution in [0.25, 0.3) is 0 Å². The van der Waals surface area contributed by atoms with E-state index in [9.17, 15) is 18.0 Å². The molecule has 1 aromatic carbocycles. The minimum Gasteiger partial charge on any atom is -0.484 e. The molecule has 0 aliphatic rings. The van der Waals surface area contributed by atoms with Crippen molar-refractivity contribution in [2.75, 3.05) is 13.7 Å². The highest BCUT2D eigenvalue weighted by Gasteiger charge is 2.28. The van der Waals surface area contributed by atoms with Crippen molar-refractivity contribution in [3.05, 3.63) is 29.8 Å². The quantitative estimate of drug-likeness (QED) is 0.753. The average molecular weight is 234 g/mol. The van der Waals surface area contributed by atoms with Crippen molar-refractivity contribution in [2.24, 2.45) is 0 Å². The van der Waals surface area contributed by atoms with Crippen molar-refractivity contribution >= 4 is 5.97 Å². The predicted octanol–water partition coefficient (Wildman–Crippen LogP) is 2.41. The Kier molecular flexibility index (Phi) is 3.76. The first-order chi connectivity index (χ1) is 7.42. The molecule has 0 saturated heterocycles. The Bertz CT molecular complexity index is 374. The molecule has 0 aliphatic carbocycles. The maximum atomic E-state index is 11.8. The first-order valence-corrected chi connectivity index (χ1v) is 4.30. The number of hydrogen-bond donors (Lipinski definition) is 0. The second kappa shape index (κ2) is 4.87. The molecule has 0 unspecified atom stereocenters. The largest absolute Gasteiger partial charge is 0.484 e. The number of ether oxygens (including phenoxy) is 2. The Morgan fingerprint density at radius 1 is 1.38 bits per heavy atom. The minimum atomic E-state index is -4.40. The van der Waals surface area contributed by atoms with E-state index in [1.54, 1.807) is 0 Å². The SMILES string of the molecule is COC(=O)c1cccc(OCC(F)(F)F)c1. The van der Waals surface area contributed by atoms with Gasteiger partial charge in [-0.1, -0.05) is 6.07 Å². The summed E-state index contributed by atoms with van der Waals surface area (Å²) in [5.74, 6) is -0.655. The molecule has 16 heavy (non-hydrogen) atoms. The number of carbonyl (C=O) groups is 1. The third-order valence-electron chi connectivity index (χ3n) is 1.66. The first kappa shape index (κ1) is 12.4. The van der Waals surface area contributed by atoms with Crippen LogP contribution in [0.3, 0.4) is 0 Å². The number of carbonyl (C=O) groups excluding carboxylic acids is 1. The van der Waals surface area contributed by atoms with Crippen LogP contribution in [0.15, 0.2) is 24.3 Å². The Hall–Kier alpha value is -1.72. The molecule has 0 saturated carbocycles. The summed E-state index contributed by atoms with van der Waals surface area (Å²) in [6.07, 6.45) is -4.40. The lowest BCUT2D eigenvalue weighted by atomic mass is 10.2. The van der Waals surface area contributed by atoms with Gasteiger partial charge in [-0.25, -0.2) is 4.79 Å². The average Bonchev–Trinajstić information content (AvgIpc) is 2.25. The number of esters is 1. The fourth-order valence-electron chi connectivity index (χ4n) is 0.996. The highest BCUT2D eigenvalue weighted by molar-refractivity contribution is 5.89. The monoisotopic (exact) mass is 234 g/mol. The van der Waals surface area contributed by atoms with Crippen molar-refractivity contribution in [2.45, 2.75) is 6.18 Å². The maximum absolute atomic E-state index is 11.8. The molecule has 88 valence electrons. The van der Waals surface area contributed by atoms with Gasteiger partial charge in [-0.05, 0) is 18.2 Å². The smallest absolute Gasteiger partial charge is 0.422 e. The van der Waals surface area contributed by atoms with Gasteiger partial charge in [0.15, 0.2) is 6.61 Å². The molecule has 0 amide bonds. The van der Waals surface area contributed by atoms with E-state index in [2.05, 4.69) is 9.47 Å². The summed E-state index contributed by atoms with van der Waals surface area (Å²) < 4.78 is 44.4. The molecular formula is C10H9F3O3. The van der Waals surface area contributed by atoms with Crippen molar-refractivity contribution < 1.29 is 27.4 Å². The van der Waals surface area contributed by atoms with Crippen LogP contribution in [0.1, 0.15) is 10.4 Å². The third kappa shape index (κ3) is 3.80. The van der Waals surface area contributed by atoms with Crippen LogP contribution in [-0.2, 0) is 4.74 Å². The van der Waals surface area contributed by atoms with Crippen LogP contribution in [0.4, 0.5) is 13.2 Å². The number of halogens is 3. The van der Waals surface area contributed by atoms with Crippen molar-refractivity contribution in [1.29, 1.82) is 0 Å². The van der Waals surface area contributed by atoms with Gasteiger partial charge < -0.3 is 9.47 Å². The van der Waals surface area contributed by atoms with Crippen LogP contribution >= 0.6 is 0 Å². The third-order valence-corrected chi connectivity index (χ3v) is 1.66. The van der Waals surface area contributed by atoms with Gasteiger partial charge in [-0.3, -0.25) is 0 Å². The van der Waals surface area contributed by atoms with Gasteiger partial charge in [0.1, 0.15) is 5.75 Å². The lowest BCUT2D eigenvalue weighted by Gasteiger charge is -2.09. The summed E-state index contributed by atoms with van der Waals surface area (Å²) in [6.45, 7) is -1.39. The van der Waals surface area contributed by atoms with Gasteiger partial charge in [0, 0.05) is 0 Å².